The lowest BCUT2D eigenvalue weighted by Gasteiger charge is -2.21. The summed E-state index contributed by atoms with van der Waals surface area (Å²) in [6.07, 6.45) is 1.23. The lowest BCUT2D eigenvalue weighted by molar-refractivity contribution is 0.585. The van der Waals surface area contributed by atoms with E-state index in [1.807, 2.05) is 0 Å². The van der Waals surface area contributed by atoms with Crippen LogP contribution in [0.3, 0.4) is 0 Å². The molecule has 16 heavy (non-hydrogen) atoms. The smallest absolute Gasteiger partial charge is 0.0375 e. The van der Waals surface area contributed by atoms with Gasteiger partial charge in [0, 0.05) is 29.1 Å². The Kier molecular flexibility index (Phi) is 5.84. The van der Waals surface area contributed by atoms with Gasteiger partial charge in [-0.3, -0.25) is 0 Å². The van der Waals surface area contributed by atoms with Crippen molar-refractivity contribution in [2.24, 2.45) is 5.92 Å². The Morgan fingerprint density at radius 2 is 2.00 bits per heavy atom. The van der Waals surface area contributed by atoms with Gasteiger partial charge in [-0.2, -0.15) is 0 Å². The first-order valence-corrected chi connectivity index (χ1v) is 7.51. The number of alkyl halides is 1. The molecule has 0 N–H and O–H groups in total. The molecule has 0 atom stereocenters. The highest BCUT2D eigenvalue weighted by molar-refractivity contribution is 9.10. The number of rotatable bonds is 5. The van der Waals surface area contributed by atoms with Gasteiger partial charge >= 0.3 is 0 Å². The fourth-order valence-corrected chi connectivity index (χ4v) is 2.84. The zero-order valence-corrected chi connectivity index (χ0v) is 13.3. The molecule has 0 heterocycles. The Labute approximate surface area is 115 Å². The molecular formula is C13H19Br2N. The van der Waals surface area contributed by atoms with Crippen molar-refractivity contribution in [2.75, 3.05) is 18.5 Å². The molecule has 0 saturated carbocycles. The van der Waals surface area contributed by atoms with Crippen LogP contribution >= 0.6 is 31.9 Å². The lowest BCUT2D eigenvalue weighted by Crippen LogP contribution is -2.19. The van der Waals surface area contributed by atoms with Gasteiger partial charge in [0.25, 0.3) is 0 Å². The van der Waals surface area contributed by atoms with Gasteiger partial charge in [-0.25, -0.2) is 0 Å². The molecule has 1 nitrogen and oxygen atoms in total. The van der Waals surface area contributed by atoms with Gasteiger partial charge in [-0.1, -0.05) is 51.8 Å². The van der Waals surface area contributed by atoms with E-state index in [9.17, 15) is 0 Å². The molecule has 0 unspecified atom stereocenters. The maximum Gasteiger partial charge on any atom is 0.0375 e. The van der Waals surface area contributed by atoms with Crippen LogP contribution in [0.15, 0.2) is 22.7 Å². The summed E-state index contributed by atoms with van der Waals surface area (Å²) in [7, 11) is 2.15. The van der Waals surface area contributed by atoms with Crippen molar-refractivity contribution >= 4 is 37.5 Å². The Bertz CT molecular complexity index is 337. The van der Waals surface area contributed by atoms with E-state index in [2.05, 4.69) is 75.9 Å². The van der Waals surface area contributed by atoms with Gasteiger partial charge in [0.2, 0.25) is 0 Å². The third-order valence-electron chi connectivity index (χ3n) is 2.66. The lowest BCUT2D eigenvalue weighted by atomic mass is 10.1. The molecular weight excluding hydrogens is 330 g/mol. The molecule has 0 amide bonds. The molecule has 0 fully saturated rings. The molecule has 90 valence electrons. The first kappa shape index (κ1) is 14.0. The summed E-state index contributed by atoms with van der Waals surface area (Å²) in [6.45, 7) is 5.63. The van der Waals surface area contributed by atoms with Crippen LogP contribution in [0.1, 0.15) is 25.8 Å². The molecule has 1 rings (SSSR count). The number of anilines is 1. The van der Waals surface area contributed by atoms with E-state index in [0.717, 1.165) is 17.8 Å². The first-order chi connectivity index (χ1) is 7.54. The van der Waals surface area contributed by atoms with Crippen molar-refractivity contribution in [1.29, 1.82) is 0 Å². The molecule has 0 aliphatic carbocycles. The van der Waals surface area contributed by atoms with Gasteiger partial charge in [0.1, 0.15) is 0 Å². The van der Waals surface area contributed by atoms with Crippen LogP contribution in [0.4, 0.5) is 5.69 Å². The highest BCUT2D eigenvalue weighted by Crippen LogP contribution is 2.25. The van der Waals surface area contributed by atoms with E-state index in [1.54, 1.807) is 0 Å². The maximum atomic E-state index is 3.60. The fourth-order valence-electron chi connectivity index (χ4n) is 1.46. The predicted molar refractivity (Wildman–Crippen MR) is 79.5 cm³/mol. The largest absolute Gasteiger partial charge is 0.375 e. The molecule has 1 aromatic rings. The predicted octanol–water partition coefficient (Wildman–Crippen LogP) is 4.83. The molecule has 0 saturated heterocycles. The molecule has 3 heteroatoms. The number of benzene rings is 1. The molecule has 0 bridgehead atoms. The SMILES string of the molecule is CC(C)CCN(C)c1ccc(CBr)c(Br)c1. The Balaban J connectivity index is 2.69. The van der Waals surface area contributed by atoms with E-state index in [1.165, 1.54) is 22.1 Å². The average Bonchev–Trinajstić information content (AvgIpc) is 2.25. The summed E-state index contributed by atoms with van der Waals surface area (Å²) < 4.78 is 1.18. The second kappa shape index (κ2) is 6.65. The highest BCUT2D eigenvalue weighted by Gasteiger charge is 2.05. The van der Waals surface area contributed by atoms with Gasteiger partial charge in [-0.05, 0) is 30.0 Å². The second-order valence-corrected chi connectivity index (χ2v) is 5.93. The normalized spacial score (nSPS) is 10.9. The van der Waals surface area contributed by atoms with Gasteiger partial charge in [0.05, 0.1) is 0 Å². The summed E-state index contributed by atoms with van der Waals surface area (Å²) in [5, 5.41) is 0.892. The highest BCUT2D eigenvalue weighted by atomic mass is 79.9. The average molecular weight is 349 g/mol. The zero-order valence-electron chi connectivity index (χ0n) is 10.1. The zero-order chi connectivity index (χ0) is 12.1. The molecule has 1 aromatic carbocycles. The minimum absolute atomic E-state index is 0.757. The number of hydrogen-bond acceptors (Lipinski definition) is 1. The molecule has 0 aliphatic heterocycles. The summed E-state index contributed by atoms with van der Waals surface area (Å²) in [5.41, 5.74) is 2.57. The quantitative estimate of drug-likeness (QED) is 0.689. The summed E-state index contributed by atoms with van der Waals surface area (Å²) >= 11 is 7.08. The summed E-state index contributed by atoms with van der Waals surface area (Å²) in [5.74, 6) is 0.757. The van der Waals surface area contributed by atoms with Crippen molar-refractivity contribution in [1.82, 2.24) is 0 Å². The summed E-state index contributed by atoms with van der Waals surface area (Å²) in [4.78, 5) is 2.31. The van der Waals surface area contributed by atoms with Gasteiger partial charge < -0.3 is 4.90 Å². The van der Waals surface area contributed by atoms with Crippen molar-refractivity contribution in [3.63, 3.8) is 0 Å². The van der Waals surface area contributed by atoms with Crippen molar-refractivity contribution in [2.45, 2.75) is 25.6 Å². The van der Waals surface area contributed by atoms with Crippen molar-refractivity contribution in [3.05, 3.63) is 28.2 Å². The Hall–Kier alpha value is -0.0200. The van der Waals surface area contributed by atoms with E-state index >= 15 is 0 Å². The monoisotopic (exact) mass is 347 g/mol. The Morgan fingerprint density at radius 1 is 1.31 bits per heavy atom. The third-order valence-corrected chi connectivity index (χ3v) is 4.01. The summed E-state index contributed by atoms with van der Waals surface area (Å²) in [6, 6.07) is 6.54. The molecule has 0 aromatic heterocycles. The van der Waals surface area contributed by atoms with Crippen LogP contribution < -0.4 is 4.90 Å². The second-order valence-electron chi connectivity index (χ2n) is 4.51. The third kappa shape index (κ3) is 4.10. The van der Waals surface area contributed by atoms with E-state index in [0.29, 0.717) is 0 Å². The van der Waals surface area contributed by atoms with Crippen molar-refractivity contribution < 1.29 is 0 Å². The molecule has 0 spiro atoms. The fraction of sp³-hybridized carbons (Fsp3) is 0.538. The first-order valence-electron chi connectivity index (χ1n) is 5.60. The molecule has 0 aliphatic rings. The van der Waals surface area contributed by atoms with E-state index in [-0.39, 0.29) is 0 Å². The van der Waals surface area contributed by atoms with Crippen LogP contribution in [0, 0.1) is 5.92 Å². The van der Waals surface area contributed by atoms with Crippen LogP contribution in [0.25, 0.3) is 0 Å². The maximum absolute atomic E-state index is 3.60. The van der Waals surface area contributed by atoms with Crippen LogP contribution in [-0.2, 0) is 5.33 Å². The van der Waals surface area contributed by atoms with Gasteiger partial charge in [-0.15, -0.1) is 0 Å². The minimum atomic E-state index is 0.757. The van der Waals surface area contributed by atoms with Crippen LogP contribution in [-0.4, -0.2) is 13.6 Å². The van der Waals surface area contributed by atoms with Crippen LogP contribution in [0.2, 0.25) is 0 Å². The molecule has 0 radical (unpaired) electrons. The van der Waals surface area contributed by atoms with Gasteiger partial charge in [0.15, 0.2) is 0 Å². The Morgan fingerprint density at radius 3 is 2.50 bits per heavy atom. The number of nitrogens with zero attached hydrogens (tertiary/aromatic N) is 1. The number of halogens is 2. The topological polar surface area (TPSA) is 3.24 Å². The standard InChI is InChI=1S/C13H19Br2N/c1-10(2)6-7-16(3)12-5-4-11(9-14)13(15)8-12/h4-5,8,10H,6-7,9H2,1-3H3. The number of hydrogen-bond donors (Lipinski definition) is 0. The van der Waals surface area contributed by atoms with Crippen LogP contribution in [0.5, 0.6) is 0 Å². The van der Waals surface area contributed by atoms with Crippen molar-refractivity contribution in [3.8, 4) is 0 Å². The van der Waals surface area contributed by atoms with E-state index < -0.39 is 0 Å². The minimum Gasteiger partial charge on any atom is -0.375 e. The van der Waals surface area contributed by atoms with E-state index in [4.69, 9.17) is 0 Å².